The third-order valence-electron chi connectivity index (χ3n) is 3.00. The number of benzene rings is 1. The van der Waals surface area contributed by atoms with Crippen molar-refractivity contribution in [2.45, 2.75) is 6.92 Å². The van der Waals surface area contributed by atoms with Gasteiger partial charge in [0.05, 0.1) is 0 Å². The Morgan fingerprint density at radius 2 is 2.11 bits per heavy atom. The highest BCUT2D eigenvalue weighted by molar-refractivity contribution is 6.09. The van der Waals surface area contributed by atoms with Crippen LogP contribution in [0.15, 0.2) is 47.0 Å². The Hall–Kier alpha value is -2.49. The molecule has 1 aromatic carbocycles. The van der Waals surface area contributed by atoms with Crippen molar-refractivity contribution < 1.29 is 13.6 Å². The van der Waals surface area contributed by atoms with E-state index in [4.69, 9.17) is 4.42 Å². The normalized spacial score (nSPS) is 10.8. The van der Waals surface area contributed by atoms with Gasteiger partial charge in [-0.2, -0.15) is 0 Å². The number of aryl methyl sites for hydroxylation is 1. The predicted molar refractivity (Wildman–Crippen MR) is 68.6 cm³/mol. The minimum absolute atomic E-state index is 0.208. The molecule has 94 valence electrons. The zero-order valence-electron chi connectivity index (χ0n) is 10.2. The molecule has 0 aliphatic rings. The summed E-state index contributed by atoms with van der Waals surface area (Å²) in [6, 6.07) is 9.32. The van der Waals surface area contributed by atoms with Crippen molar-refractivity contribution in [1.82, 2.24) is 4.98 Å². The Morgan fingerprint density at radius 1 is 1.26 bits per heavy atom. The van der Waals surface area contributed by atoms with Gasteiger partial charge in [-0.15, -0.1) is 0 Å². The molecule has 0 N–H and O–H groups in total. The molecule has 0 bridgehead atoms. The second kappa shape index (κ2) is 4.31. The van der Waals surface area contributed by atoms with Crippen molar-refractivity contribution in [1.29, 1.82) is 0 Å². The van der Waals surface area contributed by atoms with Gasteiger partial charge in [0.15, 0.2) is 5.76 Å². The lowest BCUT2D eigenvalue weighted by atomic mass is 10.1. The second-order valence-corrected chi connectivity index (χ2v) is 4.24. The first-order valence-corrected chi connectivity index (χ1v) is 5.81. The third-order valence-corrected chi connectivity index (χ3v) is 3.00. The predicted octanol–water partition coefficient (Wildman–Crippen LogP) is 3.51. The summed E-state index contributed by atoms with van der Waals surface area (Å²) in [6.07, 6.45) is 1.55. The van der Waals surface area contributed by atoms with Crippen LogP contribution < -0.4 is 0 Å². The fraction of sp³-hybridized carbons (Fsp3) is 0.0667. The zero-order valence-corrected chi connectivity index (χ0v) is 10.2. The van der Waals surface area contributed by atoms with Crippen LogP contribution in [0.4, 0.5) is 4.39 Å². The van der Waals surface area contributed by atoms with Crippen LogP contribution in [0, 0.1) is 12.7 Å². The summed E-state index contributed by atoms with van der Waals surface area (Å²) in [5, 5.41) is 0.737. The lowest BCUT2D eigenvalue weighted by Crippen LogP contribution is -2.03. The Kier molecular flexibility index (Phi) is 2.63. The maximum atomic E-state index is 13.1. The Bertz CT molecular complexity index is 762. The second-order valence-electron chi connectivity index (χ2n) is 4.24. The van der Waals surface area contributed by atoms with Gasteiger partial charge in [-0.1, -0.05) is 6.07 Å². The summed E-state index contributed by atoms with van der Waals surface area (Å²) in [7, 11) is 0. The first kappa shape index (κ1) is 11.6. The minimum atomic E-state index is -0.391. The number of furan rings is 1. The molecule has 0 spiro atoms. The molecular formula is C15H10FNO2. The van der Waals surface area contributed by atoms with E-state index in [1.807, 2.05) is 0 Å². The molecule has 0 aliphatic heterocycles. The maximum Gasteiger partial charge on any atom is 0.246 e. The Morgan fingerprint density at radius 3 is 2.84 bits per heavy atom. The first-order valence-electron chi connectivity index (χ1n) is 5.81. The largest absolute Gasteiger partial charge is 0.452 e. The van der Waals surface area contributed by atoms with Crippen molar-refractivity contribution in [3.05, 3.63) is 65.4 Å². The highest BCUT2D eigenvalue weighted by atomic mass is 19.1. The summed E-state index contributed by atoms with van der Waals surface area (Å²) in [5.74, 6) is -0.480. The number of carbonyl (C=O) groups excluding carboxylic acids is 1. The van der Waals surface area contributed by atoms with E-state index in [9.17, 15) is 9.18 Å². The first-order chi connectivity index (χ1) is 9.16. The van der Waals surface area contributed by atoms with Gasteiger partial charge in [0.25, 0.3) is 0 Å². The average molecular weight is 255 g/mol. The molecule has 0 radical (unpaired) electrons. The van der Waals surface area contributed by atoms with Crippen LogP contribution >= 0.6 is 0 Å². The number of aromatic nitrogens is 1. The summed E-state index contributed by atoms with van der Waals surface area (Å²) < 4.78 is 18.6. The van der Waals surface area contributed by atoms with Gasteiger partial charge in [-0.3, -0.25) is 9.78 Å². The van der Waals surface area contributed by atoms with E-state index in [1.165, 1.54) is 12.1 Å². The van der Waals surface area contributed by atoms with E-state index in [1.54, 1.807) is 37.4 Å². The van der Waals surface area contributed by atoms with Crippen molar-refractivity contribution >= 4 is 16.8 Å². The van der Waals surface area contributed by atoms with E-state index in [-0.39, 0.29) is 11.5 Å². The number of rotatable bonds is 2. The van der Waals surface area contributed by atoms with Gasteiger partial charge in [0.1, 0.15) is 17.1 Å². The molecule has 2 heterocycles. The summed E-state index contributed by atoms with van der Waals surface area (Å²) >= 11 is 0. The fourth-order valence-corrected chi connectivity index (χ4v) is 2.03. The molecule has 0 saturated carbocycles. The highest BCUT2D eigenvalue weighted by Crippen LogP contribution is 2.27. The molecule has 0 unspecified atom stereocenters. The van der Waals surface area contributed by atoms with Crippen LogP contribution in [0.25, 0.3) is 11.0 Å². The lowest BCUT2D eigenvalue weighted by Gasteiger charge is -1.96. The maximum absolute atomic E-state index is 13.1. The summed E-state index contributed by atoms with van der Waals surface area (Å²) in [6.45, 7) is 1.78. The number of hydrogen-bond acceptors (Lipinski definition) is 3. The molecule has 2 aromatic heterocycles. The number of halogens is 1. The monoisotopic (exact) mass is 255 g/mol. The zero-order chi connectivity index (χ0) is 13.4. The van der Waals surface area contributed by atoms with Gasteiger partial charge < -0.3 is 4.42 Å². The van der Waals surface area contributed by atoms with Gasteiger partial charge in [-0.25, -0.2) is 4.39 Å². The molecule has 0 atom stereocenters. The number of pyridine rings is 1. The van der Waals surface area contributed by atoms with Crippen LogP contribution in [0.1, 0.15) is 21.8 Å². The van der Waals surface area contributed by atoms with Crippen molar-refractivity contribution in [2.75, 3.05) is 0 Å². The molecule has 0 aliphatic carbocycles. The highest BCUT2D eigenvalue weighted by Gasteiger charge is 2.20. The van der Waals surface area contributed by atoms with Gasteiger partial charge >= 0.3 is 0 Å². The third kappa shape index (κ3) is 1.91. The molecule has 19 heavy (non-hydrogen) atoms. The Labute approximate surface area is 108 Å². The van der Waals surface area contributed by atoms with Crippen molar-refractivity contribution in [2.24, 2.45) is 0 Å². The summed E-state index contributed by atoms with van der Waals surface area (Å²) in [4.78, 5) is 16.3. The van der Waals surface area contributed by atoms with Crippen molar-refractivity contribution in [3.63, 3.8) is 0 Å². The van der Waals surface area contributed by atoms with Crippen LogP contribution in [-0.2, 0) is 0 Å². The topological polar surface area (TPSA) is 43.1 Å². The summed E-state index contributed by atoms with van der Waals surface area (Å²) in [5.41, 5.74) is 1.38. The van der Waals surface area contributed by atoms with E-state index in [0.717, 1.165) is 5.39 Å². The van der Waals surface area contributed by atoms with E-state index in [0.29, 0.717) is 16.8 Å². The fourth-order valence-electron chi connectivity index (χ4n) is 2.03. The molecular weight excluding hydrogens is 245 g/mol. The minimum Gasteiger partial charge on any atom is -0.452 e. The van der Waals surface area contributed by atoms with Crippen LogP contribution in [-0.4, -0.2) is 10.8 Å². The molecule has 3 nitrogen and oxygen atoms in total. The smallest absolute Gasteiger partial charge is 0.246 e. The Balaban J connectivity index is 2.16. The molecule has 0 fully saturated rings. The van der Waals surface area contributed by atoms with E-state index < -0.39 is 5.82 Å². The molecule has 3 rings (SSSR count). The average Bonchev–Trinajstić information content (AvgIpc) is 2.75. The van der Waals surface area contributed by atoms with Crippen molar-refractivity contribution in [3.8, 4) is 0 Å². The van der Waals surface area contributed by atoms with Crippen LogP contribution in [0.2, 0.25) is 0 Å². The molecule has 0 amide bonds. The van der Waals surface area contributed by atoms with Crippen LogP contribution in [0.5, 0.6) is 0 Å². The number of nitrogens with zero attached hydrogens (tertiary/aromatic N) is 1. The molecule has 0 saturated heterocycles. The van der Waals surface area contributed by atoms with Gasteiger partial charge in [-0.05, 0) is 31.2 Å². The molecule has 4 heteroatoms. The van der Waals surface area contributed by atoms with Gasteiger partial charge in [0.2, 0.25) is 5.78 Å². The lowest BCUT2D eigenvalue weighted by molar-refractivity contribution is 0.101. The quantitative estimate of drug-likeness (QED) is 0.658. The molecule has 3 aromatic rings. The van der Waals surface area contributed by atoms with Crippen LogP contribution in [0.3, 0.4) is 0 Å². The van der Waals surface area contributed by atoms with E-state index in [2.05, 4.69) is 4.98 Å². The van der Waals surface area contributed by atoms with Gasteiger partial charge in [0, 0.05) is 23.2 Å². The van der Waals surface area contributed by atoms with E-state index >= 15 is 0 Å². The number of fused-ring (bicyclic) bond motifs is 1. The standard InChI is InChI=1S/C15H10FNO2/c1-9-11-6-5-10(16)8-13(11)19-15(9)14(18)12-4-2-3-7-17-12/h2-8H,1H3. The number of hydrogen-bond donors (Lipinski definition) is 0. The number of carbonyl (C=O) groups is 1. The SMILES string of the molecule is Cc1c(C(=O)c2ccccn2)oc2cc(F)ccc12. The number of ketones is 1.